The molecule has 0 aliphatic carbocycles. The van der Waals surface area contributed by atoms with Crippen molar-refractivity contribution in [2.75, 3.05) is 11.1 Å². The van der Waals surface area contributed by atoms with Crippen molar-refractivity contribution in [1.29, 1.82) is 0 Å². The SMILES string of the molecule is C=C(C)C(=O)Nc1ccc(-c2sc3c(-c4cccc(C(F)F)n4)cnc(N)c3c2-c2ccc(Oc3nccc(C)n3)c(F)c2)c(C)c1. The number of nitrogens with zero attached hydrogens (tertiary/aromatic N) is 4. The van der Waals surface area contributed by atoms with E-state index >= 15 is 4.39 Å². The molecule has 0 aliphatic rings. The number of thiophene rings is 1. The summed E-state index contributed by atoms with van der Waals surface area (Å²) in [4.78, 5) is 29.8. The van der Waals surface area contributed by atoms with Gasteiger partial charge in [-0.1, -0.05) is 24.8 Å². The molecule has 12 heteroatoms. The normalized spacial score (nSPS) is 11.2. The molecule has 2 aromatic carbocycles. The average Bonchev–Trinajstić information content (AvgIpc) is 3.43. The second-order valence-corrected chi connectivity index (χ2v) is 11.8. The van der Waals surface area contributed by atoms with E-state index in [0.717, 1.165) is 16.0 Å². The van der Waals surface area contributed by atoms with Gasteiger partial charge in [0.15, 0.2) is 11.6 Å². The Morgan fingerprint density at radius 3 is 2.53 bits per heavy atom. The summed E-state index contributed by atoms with van der Waals surface area (Å²) >= 11 is 1.35. The molecule has 4 aromatic heterocycles. The molecule has 0 bridgehead atoms. The zero-order valence-electron chi connectivity index (χ0n) is 25.4. The minimum Gasteiger partial charge on any atom is -0.421 e. The molecule has 0 aliphatic heterocycles. The molecule has 4 heterocycles. The fourth-order valence-electron chi connectivity index (χ4n) is 5.04. The van der Waals surface area contributed by atoms with Crippen molar-refractivity contribution >= 4 is 38.8 Å². The molecule has 3 N–H and O–H groups in total. The molecule has 47 heavy (non-hydrogen) atoms. The lowest BCUT2D eigenvalue weighted by Crippen LogP contribution is -2.11. The standard InChI is InChI=1S/C35H27F3N6O2S/c1-17(2)34(45)43-21-9-10-22(18(3)14-21)30-28(20-8-11-27(24(36)15-20)46-35-40-13-12-19(4)42-35)29-31(47-30)23(16-41-33(29)39)25-6-5-7-26(44-25)32(37)38/h5-16,32H,1H2,2-4H3,(H2,39,41)(H,43,45). The Labute approximate surface area is 271 Å². The number of benzene rings is 2. The maximum absolute atomic E-state index is 15.7. The topological polar surface area (TPSA) is 116 Å². The number of fused-ring (bicyclic) bond motifs is 1. The number of hydrogen-bond donors (Lipinski definition) is 2. The van der Waals surface area contributed by atoms with Gasteiger partial charge in [0.05, 0.1) is 10.4 Å². The lowest BCUT2D eigenvalue weighted by Gasteiger charge is -2.13. The zero-order valence-corrected chi connectivity index (χ0v) is 26.3. The molecule has 0 fully saturated rings. The van der Waals surface area contributed by atoms with E-state index in [1.54, 1.807) is 38.1 Å². The van der Waals surface area contributed by atoms with Crippen LogP contribution < -0.4 is 15.8 Å². The van der Waals surface area contributed by atoms with E-state index in [1.165, 1.54) is 48.0 Å². The third kappa shape index (κ3) is 6.27. The van der Waals surface area contributed by atoms with Crippen LogP contribution in [0.25, 0.3) is 42.9 Å². The first kappa shape index (κ1) is 31.4. The number of nitrogens with one attached hydrogen (secondary N) is 1. The van der Waals surface area contributed by atoms with Crippen molar-refractivity contribution in [2.24, 2.45) is 0 Å². The Balaban J connectivity index is 1.55. The van der Waals surface area contributed by atoms with E-state index in [4.69, 9.17) is 10.5 Å². The van der Waals surface area contributed by atoms with Gasteiger partial charge in [-0.25, -0.2) is 33.1 Å². The number of halogens is 3. The fourth-order valence-corrected chi connectivity index (χ4v) is 6.48. The van der Waals surface area contributed by atoms with Crippen molar-refractivity contribution in [3.8, 4) is 44.6 Å². The Morgan fingerprint density at radius 1 is 1.02 bits per heavy atom. The highest BCUT2D eigenvalue weighted by atomic mass is 32.1. The number of carbonyl (C=O) groups is 1. The van der Waals surface area contributed by atoms with Crippen LogP contribution in [0.1, 0.15) is 30.3 Å². The predicted molar refractivity (Wildman–Crippen MR) is 178 cm³/mol. The summed E-state index contributed by atoms with van der Waals surface area (Å²) in [6, 6.07) is 16.0. The molecule has 0 atom stereocenters. The Bertz CT molecular complexity index is 2200. The molecule has 8 nitrogen and oxygen atoms in total. The van der Waals surface area contributed by atoms with E-state index in [-0.39, 0.29) is 29.2 Å². The first-order valence-electron chi connectivity index (χ1n) is 14.3. The van der Waals surface area contributed by atoms with Gasteiger partial charge < -0.3 is 15.8 Å². The van der Waals surface area contributed by atoms with Gasteiger partial charge in [-0.2, -0.15) is 0 Å². The van der Waals surface area contributed by atoms with Crippen LogP contribution in [0.15, 0.2) is 85.2 Å². The number of alkyl halides is 2. The third-order valence-corrected chi connectivity index (χ3v) is 8.58. The van der Waals surface area contributed by atoms with E-state index in [2.05, 4.69) is 31.8 Å². The number of amides is 1. The van der Waals surface area contributed by atoms with Gasteiger partial charge in [-0.05, 0) is 79.9 Å². The monoisotopic (exact) mass is 652 g/mol. The molecule has 0 saturated heterocycles. The second kappa shape index (κ2) is 12.6. The van der Waals surface area contributed by atoms with Gasteiger partial charge in [0, 0.05) is 50.7 Å². The molecular weight excluding hydrogens is 625 g/mol. The summed E-state index contributed by atoms with van der Waals surface area (Å²) < 4.78 is 49.2. The lowest BCUT2D eigenvalue weighted by molar-refractivity contribution is -0.112. The van der Waals surface area contributed by atoms with Gasteiger partial charge in [0.2, 0.25) is 0 Å². The van der Waals surface area contributed by atoms with Crippen molar-refractivity contribution in [1.82, 2.24) is 19.9 Å². The molecule has 1 amide bonds. The van der Waals surface area contributed by atoms with E-state index in [9.17, 15) is 13.6 Å². The number of nitrogens with two attached hydrogens (primary N) is 1. The Kier molecular flexibility index (Phi) is 8.44. The van der Waals surface area contributed by atoms with Crippen LogP contribution in [0.4, 0.5) is 24.7 Å². The molecule has 0 saturated carbocycles. The minimum atomic E-state index is -2.76. The van der Waals surface area contributed by atoms with Crippen molar-refractivity contribution in [3.05, 3.63) is 108 Å². The highest BCUT2D eigenvalue weighted by molar-refractivity contribution is 7.23. The molecule has 0 radical (unpaired) electrons. The second-order valence-electron chi connectivity index (χ2n) is 10.8. The van der Waals surface area contributed by atoms with Gasteiger partial charge >= 0.3 is 6.01 Å². The summed E-state index contributed by atoms with van der Waals surface area (Å²) in [6.07, 6.45) is 0.258. The molecule has 0 spiro atoms. The van der Waals surface area contributed by atoms with Crippen molar-refractivity contribution in [3.63, 3.8) is 0 Å². The smallest absolute Gasteiger partial charge is 0.322 e. The molecule has 6 rings (SSSR count). The first-order valence-corrected chi connectivity index (χ1v) is 15.1. The number of aryl methyl sites for hydroxylation is 2. The van der Waals surface area contributed by atoms with Crippen LogP contribution in [0, 0.1) is 19.7 Å². The number of rotatable bonds is 8. The number of hydrogen-bond acceptors (Lipinski definition) is 8. The number of nitrogen functional groups attached to an aromatic ring is 1. The summed E-state index contributed by atoms with van der Waals surface area (Å²) in [5, 5.41) is 3.33. The largest absolute Gasteiger partial charge is 0.421 e. The lowest BCUT2D eigenvalue weighted by atomic mass is 9.95. The summed E-state index contributed by atoms with van der Waals surface area (Å²) in [5.41, 5.74) is 11.2. The van der Waals surface area contributed by atoms with Crippen LogP contribution in [-0.4, -0.2) is 25.8 Å². The van der Waals surface area contributed by atoms with E-state index in [1.807, 2.05) is 19.1 Å². The van der Waals surface area contributed by atoms with Gasteiger partial charge in [-0.3, -0.25) is 4.79 Å². The van der Waals surface area contributed by atoms with E-state index < -0.39 is 12.2 Å². The molecule has 0 unspecified atom stereocenters. The van der Waals surface area contributed by atoms with Crippen molar-refractivity contribution in [2.45, 2.75) is 27.2 Å². The van der Waals surface area contributed by atoms with Gasteiger partial charge in [0.25, 0.3) is 12.3 Å². The minimum absolute atomic E-state index is 0.00406. The summed E-state index contributed by atoms with van der Waals surface area (Å²) in [7, 11) is 0. The van der Waals surface area contributed by atoms with Gasteiger partial charge in [-0.15, -0.1) is 11.3 Å². The number of carbonyl (C=O) groups excluding carboxylic acids is 1. The Hall–Kier alpha value is -5.62. The zero-order chi connectivity index (χ0) is 33.4. The summed E-state index contributed by atoms with van der Waals surface area (Å²) in [5.74, 6) is -0.880. The third-order valence-electron chi connectivity index (χ3n) is 7.32. The predicted octanol–water partition coefficient (Wildman–Crippen LogP) is 9.06. The number of aromatic nitrogens is 4. The maximum Gasteiger partial charge on any atom is 0.322 e. The molecule has 6 aromatic rings. The van der Waals surface area contributed by atoms with Crippen LogP contribution in [0.2, 0.25) is 0 Å². The van der Waals surface area contributed by atoms with Crippen LogP contribution in [0.5, 0.6) is 11.8 Å². The Morgan fingerprint density at radius 2 is 1.83 bits per heavy atom. The summed E-state index contributed by atoms with van der Waals surface area (Å²) in [6.45, 7) is 8.95. The fraction of sp³-hybridized carbons (Fsp3) is 0.114. The van der Waals surface area contributed by atoms with Crippen molar-refractivity contribution < 1.29 is 22.7 Å². The maximum atomic E-state index is 15.7. The van der Waals surface area contributed by atoms with Crippen LogP contribution in [0.3, 0.4) is 0 Å². The highest BCUT2D eigenvalue weighted by Crippen LogP contribution is 2.50. The van der Waals surface area contributed by atoms with Crippen LogP contribution in [-0.2, 0) is 4.79 Å². The average molecular weight is 653 g/mol. The quantitative estimate of drug-likeness (QED) is 0.158. The number of ether oxygens (including phenoxy) is 1. The number of anilines is 2. The molecular formula is C35H27F3N6O2S. The van der Waals surface area contributed by atoms with Crippen LogP contribution >= 0.6 is 11.3 Å². The first-order chi connectivity index (χ1) is 22.5. The molecule has 236 valence electrons. The van der Waals surface area contributed by atoms with E-state index in [0.29, 0.717) is 49.4 Å². The van der Waals surface area contributed by atoms with Gasteiger partial charge in [0.1, 0.15) is 11.5 Å². The number of pyridine rings is 2. The highest BCUT2D eigenvalue weighted by Gasteiger charge is 2.24.